The highest BCUT2D eigenvalue weighted by molar-refractivity contribution is 7.92. The molecule has 0 saturated carbocycles. The summed E-state index contributed by atoms with van der Waals surface area (Å²) in [5, 5.41) is 3.60. The Morgan fingerprint density at radius 3 is 2.19 bits per heavy atom. The van der Waals surface area contributed by atoms with Crippen LogP contribution in [-0.2, 0) is 26.2 Å². The van der Waals surface area contributed by atoms with Gasteiger partial charge >= 0.3 is 0 Å². The van der Waals surface area contributed by atoms with Crippen LogP contribution in [0.15, 0.2) is 36.4 Å². The lowest BCUT2D eigenvalue weighted by Gasteiger charge is -2.33. The number of anilines is 1. The second-order valence-corrected chi connectivity index (χ2v) is 11.6. The number of benzene rings is 2. The van der Waals surface area contributed by atoms with Gasteiger partial charge < -0.3 is 10.2 Å². The van der Waals surface area contributed by atoms with Gasteiger partial charge in [0.15, 0.2) is 0 Å². The van der Waals surface area contributed by atoms with Crippen LogP contribution in [0.4, 0.5) is 5.69 Å². The molecule has 1 N–H and O–H groups in total. The van der Waals surface area contributed by atoms with Crippen LogP contribution in [0.1, 0.15) is 49.8 Å². The highest BCUT2D eigenvalue weighted by atomic mass is 35.5. The van der Waals surface area contributed by atoms with Crippen LogP contribution < -0.4 is 9.62 Å². The Morgan fingerprint density at radius 2 is 1.67 bits per heavy atom. The van der Waals surface area contributed by atoms with E-state index >= 15 is 0 Å². The minimum atomic E-state index is -3.80. The summed E-state index contributed by atoms with van der Waals surface area (Å²) in [5.74, 6) is -0.774. The van der Waals surface area contributed by atoms with Gasteiger partial charge in [0.1, 0.15) is 12.6 Å². The molecule has 198 valence electrons. The van der Waals surface area contributed by atoms with Crippen LogP contribution in [0.5, 0.6) is 0 Å². The van der Waals surface area contributed by atoms with Gasteiger partial charge in [-0.2, -0.15) is 0 Å². The standard InChI is InChI=1S/C26H35Cl2N3O4S/c1-6-8-14-29-26(33)23(7-2)30(16-20-12-13-21(27)22(28)15-20)24(32)17-31(36(5,34)35)25-18(3)10-9-11-19(25)4/h9-13,15,23H,6-8,14,16-17H2,1-5H3,(H,29,33). The van der Waals surface area contributed by atoms with Gasteiger partial charge in [-0.1, -0.05) is 67.7 Å². The van der Waals surface area contributed by atoms with Gasteiger partial charge in [0, 0.05) is 13.1 Å². The molecule has 2 rings (SSSR count). The number of nitrogens with one attached hydrogen (secondary N) is 1. The molecule has 1 atom stereocenters. The van der Waals surface area contributed by atoms with Crippen LogP contribution in [-0.4, -0.2) is 50.5 Å². The summed E-state index contributed by atoms with van der Waals surface area (Å²) in [5.41, 5.74) is 2.60. The smallest absolute Gasteiger partial charge is 0.244 e. The van der Waals surface area contributed by atoms with Crippen molar-refractivity contribution >= 4 is 50.7 Å². The third kappa shape index (κ3) is 7.85. The molecule has 36 heavy (non-hydrogen) atoms. The molecular formula is C26H35Cl2N3O4S. The molecule has 0 fully saturated rings. The van der Waals surface area contributed by atoms with E-state index in [2.05, 4.69) is 5.32 Å². The summed E-state index contributed by atoms with van der Waals surface area (Å²) in [6, 6.07) is 9.65. The number of carbonyl (C=O) groups is 2. The fourth-order valence-electron chi connectivity index (χ4n) is 4.04. The Kier molecular flexibility index (Phi) is 11.1. The zero-order valence-corrected chi connectivity index (χ0v) is 23.8. The van der Waals surface area contributed by atoms with E-state index in [9.17, 15) is 18.0 Å². The first-order valence-corrected chi connectivity index (χ1v) is 14.6. The molecule has 1 unspecified atom stereocenters. The second-order valence-electron chi connectivity index (χ2n) is 8.85. The lowest BCUT2D eigenvalue weighted by atomic mass is 10.1. The molecule has 10 heteroatoms. The Labute approximate surface area is 224 Å². The van der Waals surface area contributed by atoms with Gasteiger partial charge in [0.25, 0.3) is 0 Å². The zero-order valence-electron chi connectivity index (χ0n) is 21.5. The van der Waals surface area contributed by atoms with E-state index in [1.54, 1.807) is 44.2 Å². The summed E-state index contributed by atoms with van der Waals surface area (Å²) >= 11 is 12.3. The lowest BCUT2D eigenvalue weighted by Crippen LogP contribution is -2.52. The Morgan fingerprint density at radius 1 is 1.03 bits per heavy atom. The number of para-hydroxylation sites is 1. The van der Waals surface area contributed by atoms with Gasteiger partial charge in [0.2, 0.25) is 21.8 Å². The maximum Gasteiger partial charge on any atom is 0.244 e. The van der Waals surface area contributed by atoms with E-state index < -0.39 is 28.5 Å². The molecule has 0 radical (unpaired) electrons. The van der Waals surface area contributed by atoms with Crippen LogP contribution in [0.3, 0.4) is 0 Å². The van der Waals surface area contributed by atoms with Crippen molar-refractivity contribution in [1.29, 1.82) is 0 Å². The first-order valence-electron chi connectivity index (χ1n) is 12.0. The molecule has 0 aromatic heterocycles. The van der Waals surface area contributed by atoms with Gasteiger partial charge in [-0.05, 0) is 55.5 Å². The number of carbonyl (C=O) groups excluding carboxylic acids is 2. The van der Waals surface area contributed by atoms with Crippen molar-refractivity contribution in [2.45, 2.75) is 59.5 Å². The highest BCUT2D eigenvalue weighted by Gasteiger charge is 2.32. The van der Waals surface area contributed by atoms with E-state index in [0.717, 1.165) is 34.5 Å². The van der Waals surface area contributed by atoms with E-state index in [0.29, 0.717) is 34.3 Å². The maximum absolute atomic E-state index is 13.8. The van der Waals surface area contributed by atoms with Crippen molar-refractivity contribution < 1.29 is 18.0 Å². The minimum Gasteiger partial charge on any atom is -0.354 e. The zero-order chi connectivity index (χ0) is 27.0. The predicted octanol–water partition coefficient (Wildman–Crippen LogP) is 5.10. The molecule has 0 saturated heterocycles. The molecule has 0 heterocycles. The molecule has 0 aliphatic carbocycles. The Bertz CT molecular complexity index is 1170. The fourth-order valence-corrected chi connectivity index (χ4v) is 5.32. The third-order valence-corrected chi connectivity index (χ3v) is 7.77. The van der Waals surface area contributed by atoms with Crippen molar-refractivity contribution in [3.8, 4) is 0 Å². The normalized spacial score (nSPS) is 12.2. The van der Waals surface area contributed by atoms with Crippen molar-refractivity contribution in [1.82, 2.24) is 10.2 Å². The monoisotopic (exact) mass is 555 g/mol. The topological polar surface area (TPSA) is 86.8 Å². The number of unbranched alkanes of at least 4 members (excludes halogenated alkanes) is 1. The van der Waals surface area contributed by atoms with E-state index in [-0.39, 0.29) is 12.5 Å². The number of aryl methyl sites for hydroxylation is 2. The molecule has 2 aromatic carbocycles. The Balaban J connectivity index is 2.48. The number of hydrogen-bond acceptors (Lipinski definition) is 4. The number of sulfonamides is 1. The van der Waals surface area contributed by atoms with Crippen molar-refractivity contribution in [2.24, 2.45) is 0 Å². The molecule has 2 amide bonds. The molecule has 7 nitrogen and oxygen atoms in total. The molecule has 0 aliphatic rings. The van der Waals surface area contributed by atoms with Crippen LogP contribution >= 0.6 is 23.2 Å². The fraction of sp³-hybridized carbons (Fsp3) is 0.462. The quantitative estimate of drug-likeness (QED) is 0.369. The van der Waals surface area contributed by atoms with Crippen molar-refractivity contribution in [3.05, 3.63) is 63.1 Å². The van der Waals surface area contributed by atoms with Crippen molar-refractivity contribution in [2.75, 3.05) is 23.7 Å². The van der Waals surface area contributed by atoms with E-state index in [1.165, 1.54) is 4.90 Å². The average Bonchev–Trinajstić information content (AvgIpc) is 2.79. The predicted molar refractivity (Wildman–Crippen MR) is 147 cm³/mol. The largest absolute Gasteiger partial charge is 0.354 e. The van der Waals surface area contributed by atoms with Gasteiger partial charge in [-0.3, -0.25) is 13.9 Å². The molecule has 0 bridgehead atoms. The van der Waals surface area contributed by atoms with E-state index in [4.69, 9.17) is 23.2 Å². The van der Waals surface area contributed by atoms with Gasteiger partial charge in [-0.15, -0.1) is 0 Å². The first kappa shape index (κ1) is 29.9. The minimum absolute atomic E-state index is 0.0692. The summed E-state index contributed by atoms with van der Waals surface area (Å²) < 4.78 is 26.8. The summed E-state index contributed by atoms with van der Waals surface area (Å²) in [7, 11) is -3.80. The summed E-state index contributed by atoms with van der Waals surface area (Å²) in [4.78, 5) is 28.3. The van der Waals surface area contributed by atoms with Crippen molar-refractivity contribution in [3.63, 3.8) is 0 Å². The SMILES string of the molecule is CCCCNC(=O)C(CC)N(Cc1ccc(Cl)c(Cl)c1)C(=O)CN(c1c(C)cccc1C)S(C)(=O)=O. The maximum atomic E-state index is 13.8. The van der Waals surface area contributed by atoms with Crippen LogP contribution in [0, 0.1) is 13.8 Å². The highest BCUT2D eigenvalue weighted by Crippen LogP contribution is 2.28. The first-order chi connectivity index (χ1) is 16.9. The number of rotatable bonds is 12. The molecule has 0 aliphatic heterocycles. The Hall–Kier alpha value is -2.29. The number of amides is 2. The lowest BCUT2D eigenvalue weighted by molar-refractivity contribution is -0.140. The van der Waals surface area contributed by atoms with Gasteiger partial charge in [0.05, 0.1) is 22.0 Å². The summed E-state index contributed by atoms with van der Waals surface area (Å²) in [6.45, 7) is 7.57. The van der Waals surface area contributed by atoms with Crippen LogP contribution in [0.25, 0.3) is 0 Å². The third-order valence-electron chi connectivity index (χ3n) is 5.92. The number of nitrogens with zero attached hydrogens (tertiary/aromatic N) is 2. The average molecular weight is 557 g/mol. The number of halogens is 2. The molecular weight excluding hydrogens is 521 g/mol. The molecule has 0 spiro atoms. The van der Waals surface area contributed by atoms with Crippen LogP contribution in [0.2, 0.25) is 10.0 Å². The molecule has 2 aromatic rings. The van der Waals surface area contributed by atoms with E-state index in [1.807, 2.05) is 19.9 Å². The van der Waals surface area contributed by atoms with Gasteiger partial charge in [-0.25, -0.2) is 8.42 Å². The summed E-state index contributed by atoms with van der Waals surface area (Å²) in [6.07, 6.45) is 3.16. The number of hydrogen-bond donors (Lipinski definition) is 1. The second kappa shape index (κ2) is 13.3.